The van der Waals surface area contributed by atoms with Crippen molar-refractivity contribution >= 4 is 33.7 Å². The lowest BCUT2D eigenvalue weighted by Crippen LogP contribution is -2.58. The third-order valence-corrected chi connectivity index (χ3v) is 8.59. The van der Waals surface area contributed by atoms with Gasteiger partial charge >= 0.3 is 0 Å². The molecule has 0 aromatic carbocycles. The largest absolute Gasteiger partial charge is 0.396 e. The number of halogens is 1. The first-order valence-corrected chi connectivity index (χ1v) is 13.6. The second kappa shape index (κ2) is 11.6. The Hall–Kier alpha value is -1.71. The molecule has 9 heteroatoms. The fourth-order valence-corrected chi connectivity index (χ4v) is 7.16. The van der Waals surface area contributed by atoms with Gasteiger partial charge in [0.1, 0.15) is 11.6 Å². The lowest BCUT2D eigenvalue weighted by molar-refractivity contribution is -0.149. The molecular weight excluding hydrogens is 514 g/mol. The lowest BCUT2D eigenvalue weighted by Gasteiger charge is -2.39. The number of aliphatic hydroxyl groups excluding tert-OH is 1. The summed E-state index contributed by atoms with van der Waals surface area (Å²) >= 11 is 3.71. The van der Waals surface area contributed by atoms with E-state index in [9.17, 15) is 19.5 Å². The molecule has 3 amide bonds. The maximum absolute atomic E-state index is 14.2. The second-order valence-corrected chi connectivity index (χ2v) is 11.2. The third-order valence-electron chi connectivity index (χ3n) is 7.74. The van der Waals surface area contributed by atoms with Crippen LogP contribution in [-0.2, 0) is 19.1 Å². The highest BCUT2D eigenvalue weighted by Crippen LogP contribution is 2.60. The minimum absolute atomic E-state index is 0.0147. The van der Waals surface area contributed by atoms with Gasteiger partial charge in [-0.25, -0.2) is 0 Å². The molecule has 3 heterocycles. The van der Waals surface area contributed by atoms with Gasteiger partial charge in [0.15, 0.2) is 0 Å². The summed E-state index contributed by atoms with van der Waals surface area (Å²) in [6.45, 7) is 12.8. The highest BCUT2D eigenvalue weighted by atomic mass is 79.9. The maximum Gasteiger partial charge on any atom is 0.248 e. The molecule has 1 spiro atoms. The molecule has 3 aliphatic rings. The van der Waals surface area contributed by atoms with Crippen molar-refractivity contribution in [3.05, 3.63) is 25.3 Å². The standard InChI is InChI=1S/C26H40BrN3O5/c1-6-11-17(4)29(13-8-3)25(34)22-26-16-18(27)21(35-26)19(23(32)28(5)12-7-2)20(26)24(33)30(22)14-9-10-15-31/h7-8,17-22,31H,2-3,6,9-16H2,1,4-5H3/t17?,18?,19-,20-,21-,22?,26?/m0/s1. The molecular formula is C26H40BrN3O5. The van der Waals surface area contributed by atoms with Gasteiger partial charge < -0.3 is 24.5 Å². The number of hydrogen-bond acceptors (Lipinski definition) is 5. The average molecular weight is 555 g/mol. The molecule has 8 nitrogen and oxygen atoms in total. The first-order chi connectivity index (χ1) is 16.7. The van der Waals surface area contributed by atoms with E-state index in [1.807, 2.05) is 6.92 Å². The van der Waals surface area contributed by atoms with Crippen LogP contribution in [0.1, 0.15) is 46.0 Å². The van der Waals surface area contributed by atoms with Crippen molar-refractivity contribution in [1.82, 2.24) is 14.7 Å². The molecule has 3 rings (SSSR count). The summed E-state index contributed by atoms with van der Waals surface area (Å²) in [6.07, 6.45) is 6.23. The summed E-state index contributed by atoms with van der Waals surface area (Å²) in [5.41, 5.74) is -1.06. The van der Waals surface area contributed by atoms with Gasteiger partial charge in [-0.1, -0.05) is 41.4 Å². The van der Waals surface area contributed by atoms with Gasteiger partial charge in [-0.15, -0.1) is 13.2 Å². The summed E-state index contributed by atoms with van der Waals surface area (Å²) < 4.78 is 6.56. The number of amides is 3. The van der Waals surface area contributed by atoms with Crippen molar-refractivity contribution in [1.29, 1.82) is 0 Å². The number of carbonyl (C=O) groups is 3. The number of unbranched alkanes of at least 4 members (excludes halogenated alkanes) is 1. The Balaban J connectivity index is 2.05. The Bertz CT molecular complexity index is 838. The molecule has 2 bridgehead atoms. The van der Waals surface area contributed by atoms with E-state index in [0.717, 1.165) is 12.8 Å². The fourth-order valence-electron chi connectivity index (χ4n) is 6.22. The highest BCUT2D eigenvalue weighted by Gasteiger charge is 2.76. The van der Waals surface area contributed by atoms with Crippen molar-refractivity contribution in [3.63, 3.8) is 0 Å². The maximum atomic E-state index is 14.2. The number of ether oxygens (including phenoxy) is 1. The van der Waals surface area contributed by atoms with E-state index in [2.05, 4.69) is 36.0 Å². The van der Waals surface area contributed by atoms with Crippen LogP contribution < -0.4 is 0 Å². The monoisotopic (exact) mass is 553 g/mol. The van der Waals surface area contributed by atoms with E-state index in [1.165, 1.54) is 0 Å². The predicted octanol–water partition coefficient (Wildman–Crippen LogP) is 2.35. The van der Waals surface area contributed by atoms with Gasteiger partial charge in [0.25, 0.3) is 0 Å². The summed E-state index contributed by atoms with van der Waals surface area (Å²) in [5, 5.41) is 9.32. The van der Waals surface area contributed by atoms with Gasteiger partial charge in [0.2, 0.25) is 17.7 Å². The van der Waals surface area contributed by atoms with Crippen LogP contribution in [0.2, 0.25) is 0 Å². The van der Waals surface area contributed by atoms with Crippen LogP contribution in [-0.4, -0.2) is 99.4 Å². The summed E-state index contributed by atoms with van der Waals surface area (Å²) in [4.78, 5) is 46.5. The van der Waals surface area contributed by atoms with Gasteiger partial charge in [-0.3, -0.25) is 14.4 Å². The Morgan fingerprint density at radius 3 is 2.57 bits per heavy atom. The Kier molecular flexibility index (Phi) is 9.21. The third kappa shape index (κ3) is 4.83. The van der Waals surface area contributed by atoms with Gasteiger partial charge in [-0.2, -0.15) is 0 Å². The molecule has 0 aliphatic carbocycles. The zero-order chi connectivity index (χ0) is 25.9. The smallest absolute Gasteiger partial charge is 0.248 e. The number of aliphatic hydroxyl groups is 1. The second-order valence-electron chi connectivity index (χ2n) is 10.1. The van der Waals surface area contributed by atoms with Crippen molar-refractivity contribution in [2.24, 2.45) is 11.8 Å². The number of nitrogens with zero attached hydrogens (tertiary/aromatic N) is 3. The Morgan fingerprint density at radius 2 is 1.97 bits per heavy atom. The fraction of sp³-hybridized carbons (Fsp3) is 0.731. The SMILES string of the molecule is C=CCN(C)C(=O)[C@H]1[C@H]2C(=O)N(CCCCO)C(C(=O)N(CC=C)C(C)CCC)C23CC(Br)[C@@H]1O3. The number of likely N-dealkylation sites (N-methyl/N-ethyl adjacent to an activating group) is 1. The summed E-state index contributed by atoms with van der Waals surface area (Å²) in [6, 6.07) is -0.838. The molecule has 0 radical (unpaired) electrons. The Labute approximate surface area is 217 Å². The van der Waals surface area contributed by atoms with Crippen molar-refractivity contribution in [3.8, 4) is 0 Å². The summed E-state index contributed by atoms with van der Waals surface area (Å²) in [7, 11) is 1.70. The highest BCUT2D eigenvalue weighted by molar-refractivity contribution is 9.09. The number of alkyl halides is 1. The van der Waals surface area contributed by atoms with Crippen LogP contribution in [0.5, 0.6) is 0 Å². The van der Waals surface area contributed by atoms with Gasteiger partial charge in [-0.05, 0) is 32.6 Å². The van der Waals surface area contributed by atoms with Crippen LogP contribution >= 0.6 is 15.9 Å². The summed E-state index contributed by atoms with van der Waals surface area (Å²) in [5.74, 6) is -1.89. The van der Waals surface area contributed by atoms with Crippen LogP contribution in [0.3, 0.4) is 0 Å². The van der Waals surface area contributed by atoms with Crippen molar-refractivity contribution in [2.75, 3.05) is 33.3 Å². The van der Waals surface area contributed by atoms with Crippen LogP contribution in [0, 0.1) is 11.8 Å². The van der Waals surface area contributed by atoms with Gasteiger partial charge in [0, 0.05) is 44.2 Å². The first-order valence-electron chi connectivity index (χ1n) is 12.7. The van der Waals surface area contributed by atoms with E-state index in [1.54, 1.807) is 33.9 Å². The molecule has 0 aromatic rings. The lowest BCUT2D eigenvalue weighted by atomic mass is 9.70. The molecule has 3 saturated heterocycles. The normalized spacial score (nSPS) is 31.9. The first kappa shape index (κ1) is 27.9. The minimum Gasteiger partial charge on any atom is -0.396 e. The Morgan fingerprint density at radius 1 is 1.29 bits per heavy atom. The van der Waals surface area contributed by atoms with E-state index in [0.29, 0.717) is 38.9 Å². The topological polar surface area (TPSA) is 90.4 Å². The van der Waals surface area contributed by atoms with Crippen LogP contribution in [0.4, 0.5) is 0 Å². The molecule has 35 heavy (non-hydrogen) atoms. The van der Waals surface area contributed by atoms with Crippen molar-refractivity contribution in [2.45, 2.75) is 74.6 Å². The van der Waals surface area contributed by atoms with E-state index in [-0.39, 0.29) is 35.2 Å². The molecule has 4 unspecified atom stereocenters. The van der Waals surface area contributed by atoms with Gasteiger partial charge in [0.05, 0.1) is 17.9 Å². The molecule has 7 atom stereocenters. The van der Waals surface area contributed by atoms with Crippen LogP contribution in [0.25, 0.3) is 0 Å². The quantitative estimate of drug-likeness (QED) is 0.215. The minimum atomic E-state index is -1.06. The average Bonchev–Trinajstić information content (AvgIpc) is 3.40. The zero-order valence-electron chi connectivity index (χ0n) is 21.2. The molecule has 1 N–H and O–H groups in total. The van der Waals surface area contributed by atoms with Crippen LogP contribution in [0.15, 0.2) is 25.3 Å². The number of likely N-dealkylation sites (tertiary alicyclic amines) is 1. The number of carbonyl (C=O) groups excluding carboxylic acids is 3. The molecule has 0 aromatic heterocycles. The molecule has 3 fully saturated rings. The van der Waals surface area contributed by atoms with E-state index < -0.39 is 29.6 Å². The molecule has 196 valence electrons. The molecule has 0 saturated carbocycles. The van der Waals surface area contributed by atoms with E-state index in [4.69, 9.17) is 4.74 Å². The molecule has 3 aliphatic heterocycles. The van der Waals surface area contributed by atoms with E-state index >= 15 is 0 Å². The number of rotatable bonds is 13. The number of hydrogen-bond donors (Lipinski definition) is 1. The predicted molar refractivity (Wildman–Crippen MR) is 138 cm³/mol. The van der Waals surface area contributed by atoms with Crippen molar-refractivity contribution < 1.29 is 24.2 Å². The number of fused-ring (bicyclic) bond motifs is 1. The zero-order valence-corrected chi connectivity index (χ0v) is 22.8.